The molecule has 1 aliphatic rings. The molecule has 0 aliphatic carbocycles. The number of aromatic amines is 1. The number of fused-ring (bicyclic) bond motifs is 1. The highest BCUT2D eigenvalue weighted by atomic mass is 35.5. The summed E-state index contributed by atoms with van der Waals surface area (Å²) in [6, 6.07) is 5.04. The van der Waals surface area contributed by atoms with Gasteiger partial charge in [-0.25, -0.2) is 4.98 Å². The van der Waals surface area contributed by atoms with Crippen molar-refractivity contribution in [3.8, 4) is 0 Å². The van der Waals surface area contributed by atoms with Crippen LogP contribution in [0.5, 0.6) is 0 Å². The molecule has 2 aromatic rings. The number of ether oxygens (including phenoxy) is 1. The molecule has 1 saturated heterocycles. The van der Waals surface area contributed by atoms with Crippen LogP contribution in [0.2, 0.25) is 5.02 Å². The first kappa shape index (κ1) is 21.0. The second kappa shape index (κ2) is 9.21. The van der Waals surface area contributed by atoms with Gasteiger partial charge in [-0.05, 0) is 24.6 Å². The molecule has 0 radical (unpaired) electrons. The summed E-state index contributed by atoms with van der Waals surface area (Å²) in [6.45, 7) is 3.38. The van der Waals surface area contributed by atoms with E-state index in [1.165, 1.54) is 0 Å². The van der Waals surface area contributed by atoms with Crippen LogP contribution in [0, 0.1) is 0 Å². The van der Waals surface area contributed by atoms with E-state index in [1.54, 1.807) is 18.2 Å². The van der Waals surface area contributed by atoms with Gasteiger partial charge in [0, 0.05) is 44.4 Å². The summed E-state index contributed by atoms with van der Waals surface area (Å²) in [4.78, 5) is 23.9. The smallest absolute Gasteiger partial charge is 0.372 e. The van der Waals surface area contributed by atoms with E-state index in [-0.39, 0.29) is 12.2 Å². The van der Waals surface area contributed by atoms with Crippen LogP contribution < -0.4 is 5.56 Å². The van der Waals surface area contributed by atoms with E-state index >= 15 is 0 Å². The number of hydrogen-bond donors (Lipinski definition) is 1. The van der Waals surface area contributed by atoms with Crippen LogP contribution in [0.25, 0.3) is 10.9 Å². The molecule has 1 aromatic carbocycles. The first-order valence-electron chi connectivity index (χ1n) is 9.08. The molecule has 0 amide bonds. The Kier molecular flexibility index (Phi) is 6.92. The topological polar surface area (TPSA) is 61.5 Å². The van der Waals surface area contributed by atoms with Crippen molar-refractivity contribution in [1.29, 1.82) is 0 Å². The number of piperazine rings is 1. The van der Waals surface area contributed by atoms with Crippen molar-refractivity contribution in [2.75, 3.05) is 45.9 Å². The molecule has 1 aromatic heterocycles. The van der Waals surface area contributed by atoms with Crippen LogP contribution in [0.4, 0.5) is 13.2 Å². The van der Waals surface area contributed by atoms with E-state index in [2.05, 4.69) is 24.5 Å². The SMILES string of the molecule is O=c1[nH]c(CN2CCN(CCCOCC(F)(F)F)CC2)nc2ccc(Cl)cc12. The number of aromatic nitrogens is 2. The number of hydrogen-bond acceptors (Lipinski definition) is 5. The zero-order chi connectivity index (χ0) is 20.1. The summed E-state index contributed by atoms with van der Waals surface area (Å²) in [7, 11) is 0. The normalized spacial score (nSPS) is 16.7. The van der Waals surface area contributed by atoms with Crippen LogP contribution in [-0.2, 0) is 11.3 Å². The Labute approximate surface area is 165 Å². The Morgan fingerprint density at radius 2 is 1.89 bits per heavy atom. The zero-order valence-electron chi connectivity index (χ0n) is 15.3. The summed E-state index contributed by atoms with van der Waals surface area (Å²) in [5, 5.41) is 0.960. The molecule has 0 spiro atoms. The summed E-state index contributed by atoms with van der Waals surface area (Å²) < 4.78 is 40.7. The lowest BCUT2D eigenvalue weighted by molar-refractivity contribution is -0.174. The standard InChI is InChI=1S/C18H22ClF3N4O2/c19-13-2-3-15-14(10-13)17(27)24-16(23-15)11-26-7-5-25(6-8-26)4-1-9-28-12-18(20,21)22/h2-3,10H,1,4-9,11-12H2,(H,23,24,27). The first-order chi connectivity index (χ1) is 13.3. The highest BCUT2D eigenvalue weighted by Crippen LogP contribution is 2.16. The fraction of sp³-hybridized carbons (Fsp3) is 0.556. The average Bonchev–Trinajstić information content (AvgIpc) is 2.63. The van der Waals surface area contributed by atoms with Gasteiger partial charge in [0.15, 0.2) is 0 Å². The lowest BCUT2D eigenvalue weighted by Crippen LogP contribution is -2.46. The lowest BCUT2D eigenvalue weighted by atomic mass is 10.2. The van der Waals surface area contributed by atoms with Crippen molar-refractivity contribution < 1.29 is 17.9 Å². The Morgan fingerprint density at radius 1 is 1.18 bits per heavy atom. The van der Waals surface area contributed by atoms with Gasteiger partial charge in [0.05, 0.1) is 17.4 Å². The molecule has 3 rings (SSSR count). The maximum atomic E-state index is 12.2. The monoisotopic (exact) mass is 418 g/mol. The molecule has 10 heteroatoms. The molecule has 154 valence electrons. The number of H-pyrrole nitrogens is 1. The van der Waals surface area contributed by atoms with Crippen molar-refractivity contribution >= 4 is 22.5 Å². The number of nitrogens with zero attached hydrogens (tertiary/aromatic N) is 3. The summed E-state index contributed by atoms with van der Waals surface area (Å²) in [5.41, 5.74) is 0.403. The summed E-state index contributed by atoms with van der Waals surface area (Å²) in [5.74, 6) is 0.605. The predicted octanol–water partition coefficient (Wildman–Crippen LogP) is 2.66. The Hall–Kier alpha value is -1.68. The molecule has 28 heavy (non-hydrogen) atoms. The number of benzene rings is 1. The molecule has 1 fully saturated rings. The van der Waals surface area contributed by atoms with Crippen molar-refractivity contribution in [2.45, 2.75) is 19.1 Å². The third kappa shape index (κ3) is 6.16. The zero-order valence-corrected chi connectivity index (χ0v) is 16.0. The van der Waals surface area contributed by atoms with E-state index in [1.807, 2.05) is 0 Å². The van der Waals surface area contributed by atoms with Crippen LogP contribution in [0.15, 0.2) is 23.0 Å². The average molecular weight is 419 g/mol. The van der Waals surface area contributed by atoms with E-state index < -0.39 is 12.8 Å². The molecule has 1 aliphatic heterocycles. The molecule has 2 heterocycles. The summed E-state index contributed by atoms with van der Waals surface area (Å²) >= 11 is 5.92. The molecule has 0 bridgehead atoms. The minimum atomic E-state index is -4.27. The van der Waals surface area contributed by atoms with E-state index in [0.29, 0.717) is 41.3 Å². The van der Waals surface area contributed by atoms with E-state index in [4.69, 9.17) is 11.6 Å². The Morgan fingerprint density at radius 3 is 2.61 bits per heavy atom. The molecule has 1 N–H and O–H groups in total. The van der Waals surface area contributed by atoms with Gasteiger partial charge in [0.25, 0.3) is 5.56 Å². The quantitative estimate of drug-likeness (QED) is 0.700. The van der Waals surface area contributed by atoms with Crippen LogP contribution in [0.1, 0.15) is 12.2 Å². The minimum absolute atomic E-state index is 0.103. The van der Waals surface area contributed by atoms with Gasteiger partial charge < -0.3 is 14.6 Å². The lowest BCUT2D eigenvalue weighted by Gasteiger charge is -2.34. The fourth-order valence-corrected chi connectivity index (χ4v) is 3.37. The molecular formula is C18H22ClF3N4O2. The minimum Gasteiger partial charge on any atom is -0.372 e. The van der Waals surface area contributed by atoms with Crippen molar-refractivity contribution in [2.24, 2.45) is 0 Å². The van der Waals surface area contributed by atoms with Gasteiger partial charge >= 0.3 is 6.18 Å². The maximum absolute atomic E-state index is 12.2. The van der Waals surface area contributed by atoms with Gasteiger partial charge in [-0.1, -0.05) is 11.6 Å². The molecular weight excluding hydrogens is 397 g/mol. The third-order valence-electron chi connectivity index (χ3n) is 4.58. The number of halogens is 4. The number of nitrogens with one attached hydrogen (secondary N) is 1. The van der Waals surface area contributed by atoms with Crippen LogP contribution in [-0.4, -0.2) is 71.9 Å². The largest absolute Gasteiger partial charge is 0.411 e. The molecule has 0 saturated carbocycles. The molecule has 6 nitrogen and oxygen atoms in total. The van der Waals surface area contributed by atoms with Gasteiger partial charge in [-0.2, -0.15) is 13.2 Å². The Balaban J connectivity index is 1.44. The van der Waals surface area contributed by atoms with Gasteiger partial charge in [-0.3, -0.25) is 9.69 Å². The van der Waals surface area contributed by atoms with Gasteiger partial charge in [-0.15, -0.1) is 0 Å². The molecule has 0 unspecified atom stereocenters. The van der Waals surface area contributed by atoms with Crippen LogP contribution >= 0.6 is 11.6 Å². The van der Waals surface area contributed by atoms with Crippen LogP contribution in [0.3, 0.4) is 0 Å². The second-order valence-corrected chi connectivity index (χ2v) is 7.25. The first-order valence-corrected chi connectivity index (χ1v) is 9.46. The highest BCUT2D eigenvalue weighted by molar-refractivity contribution is 6.31. The van der Waals surface area contributed by atoms with E-state index in [9.17, 15) is 18.0 Å². The molecule has 0 atom stereocenters. The number of alkyl halides is 3. The van der Waals surface area contributed by atoms with E-state index in [0.717, 1.165) is 26.2 Å². The number of rotatable bonds is 7. The van der Waals surface area contributed by atoms with Crippen molar-refractivity contribution in [1.82, 2.24) is 19.8 Å². The Bertz CT molecular complexity index is 851. The van der Waals surface area contributed by atoms with Gasteiger partial charge in [0.2, 0.25) is 0 Å². The summed E-state index contributed by atoms with van der Waals surface area (Å²) in [6.07, 6.45) is -3.70. The second-order valence-electron chi connectivity index (χ2n) is 6.81. The maximum Gasteiger partial charge on any atom is 0.411 e. The van der Waals surface area contributed by atoms with Crippen molar-refractivity contribution in [3.63, 3.8) is 0 Å². The van der Waals surface area contributed by atoms with Gasteiger partial charge in [0.1, 0.15) is 12.4 Å². The fourth-order valence-electron chi connectivity index (χ4n) is 3.20. The predicted molar refractivity (Wildman–Crippen MR) is 101 cm³/mol. The highest BCUT2D eigenvalue weighted by Gasteiger charge is 2.27. The van der Waals surface area contributed by atoms with Crippen molar-refractivity contribution in [3.05, 3.63) is 39.4 Å². The third-order valence-corrected chi connectivity index (χ3v) is 4.82.